The molecule has 1 amide bonds. The van der Waals surface area contributed by atoms with Crippen LogP contribution in [0, 0.1) is 5.82 Å². The molecule has 1 heterocycles. The molecule has 0 aliphatic carbocycles. The molecule has 144 valence electrons. The standard InChI is InChI=1S/C21H19FN2O4/c1-26-19-6-5-17(12-20(19)28-13-15-7-9-23-10-8-15)24-21(25)14-27-18-4-2-3-16(22)11-18/h2-12H,13-14H2,1H3,(H,24,25). The summed E-state index contributed by atoms with van der Waals surface area (Å²) in [5.41, 5.74) is 1.48. The van der Waals surface area contributed by atoms with Crippen LogP contribution in [-0.2, 0) is 11.4 Å². The lowest BCUT2D eigenvalue weighted by Gasteiger charge is -2.13. The number of nitrogens with zero attached hydrogens (tertiary/aromatic N) is 1. The van der Waals surface area contributed by atoms with E-state index in [0.29, 0.717) is 23.8 Å². The van der Waals surface area contributed by atoms with E-state index < -0.39 is 5.82 Å². The summed E-state index contributed by atoms with van der Waals surface area (Å²) >= 11 is 0. The van der Waals surface area contributed by atoms with Crippen LogP contribution in [0.3, 0.4) is 0 Å². The van der Waals surface area contributed by atoms with E-state index >= 15 is 0 Å². The van der Waals surface area contributed by atoms with Gasteiger partial charge in [-0.15, -0.1) is 0 Å². The first-order valence-electron chi connectivity index (χ1n) is 8.52. The number of rotatable bonds is 8. The average Bonchev–Trinajstić information content (AvgIpc) is 2.72. The van der Waals surface area contributed by atoms with Crippen molar-refractivity contribution in [3.8, 4) is 17.2 Å². The number of carbonyl (C=O) groups excluding carboxylic acids is 1. The fourth-order valence-electron chi connectivity index (χ4n) is 2.41. The number of anilines is 1. The SMILES string of the molecule is COc1ccc(NC(=O)COc2cccc(F)c2)cc1OCc1ccncc1. The lowest BCUT2D eigenvalue weighted by Crippen LogP contribution is -2.20. The van der Waals surface area contributed by atoms with Gasteiger partial charge in [0.15, 0.2) is 18.1 Å². The van der Waals surface area contributed by atoms with E-state index in [-0.39, 0.29) is 18.3 Å². The molecule has 0 aliphatic rings. The summed E-state index contributed by atoms with van der Waals surface area (Å²) in [5.74, 6) is 0.510. The van der Waals surface area contributed by atoms with Crippen molar-refractivity contribution in [2.45, 2.75) is 6.61 Å². The van der Waals surface area contributed by atoms with Gasteiger partial charge < -0.3 is 19.5 Å². The molecule has 0 spiro atoms. The number of aromatic nitrogens is 1. The van der Waals surface area contributed by atoms with Crippen LogP contribution in [0.2, 0.25) is 0 Å². The maximum Gasteiger partial charge on any atom is 0.262 e. The minimum absolute atomic E-state index is 0.247. The highest BCUT2D eigenvalue weighted by molar-refractivity contribution is 5.92. The van der Waals surface area contributed by atoms with E-state index in [9.17, 15) is 9.18 Å². The lowest BCUT2D eigenvalue weighted by molar-refractivity contribution is -0.118. The van der Waals surface area contributed by atoms with Crippen molar-refractivity contribution in [3.63, 3.8) is 0 Å². The van der Waals surface area contributed by atoms with E-state index in [1.54, 1.807) is 43.8 Å². The molecule has 0 saturated heterocycles. The highest BCUT2D eigenvalue weighted by Crippen LogP contribution is 2.31. The Hall–Kier alpha value is -3.61. The highest BCUT2D eigenvalue weighted by Gasteiger charge is 2.10. The molecular weight excluding hydrogens is 363 g/mol. The van der Waals surface area contributed by atoms with Gasteiger partial charge >= 0.3 is 0 Å². The van der Waals surface area contributed by atoms with Gasteiger partial charge in [-0.2, -0.15) is 0 Å². The van der Waals surface area contributed by atoms with Gasteiger partial charge in [-0.3, -0.25) is 9.78 Å². The Bertz CT molecular complexity index is 935. The Labute approximate surface area is 161 Å². The predicted octanol–water partition coefficient (Wildman–Crippen LogP) is 3.83. The summed E-state index contributed by atoms with van der Waals surface area (Å²) in [7, 11) is 1.54. The maximum atomic E-state index is 13.1. The second-order valence-corrected chi connectivity index (χ2v) is 5.80. The molecule has 0 saturated carbocycles. The van der Waals surface area contributed by atoms with Crippen LogP contribution in [0.4, 0.5) is 10.1 Å². The largest absolute Gasteiger partial charge is 0.493 e. The molecule has 3 rings (SSSR count). The third-order valence-corrected chi connectivity index (χ3v) is 3.76. The number of hydrogen-bond acceptors (Lipinski definition) is 5. The number of benzene rings is 2. The van der Waals surface area contributed by atoms with E-state index in [2.05, 4.69) is 10.3 Å². The minimum atomic E-state index is -0.427. The zero-order valence-electron chi connectivity index (χ0n) is 15.2. The normalized spacial score (nSPS) is 10.2. The third kappa shape index (κ3) is 5.44. The molecule has 1 aromatic heterocycles. The molecule has 28 heavy (non-hydrogen) atoms. The molecule has 1 N–H and O–H groups in total. The predicted molar refractivity (Wildman–Crippen MR) is 102 cm³/mol. The molecule has 6 nitrogen and oxygen atoms in total. The van der Waals surface area contributed by atoms with Gasteiger partial charge in [0.25, 0.3) is 5.91 Å². The van der Waals surface area contributed by atoms with Crippen LogP contribution < -0.4 is 19.5 Å². The molecule has 0 fully saturated rings. The Kier molecular flexibility index (Phi) is 6.41. The molecule has 3 aromatic rings. The Balaban J connectivity index is 1.60. The van der Waals surface area contributed by atoms with E-state index in [0.717, 1.165) is 5.56 Å². The maximum absolute atomic E-state index is 13.1. The van der Waals surface area contributed by atoms with Crippen LogP contribution in [0.25, 0.3) is 0 Å². The van der Waals surface area contributed by atoms with Crippen molar-refractivity contribution in [2.24, 2.45) is 0 Å². The van der Waals surface area contributed by atoms with Crippen LogP contribution in [0.15, 0.2) is 67.0 Å². The van der Waals surface area contributed by atoms with Gasteiger partial charge in [-0.05, 0) is 42.0 Å². The third-order valence-electron chi connectivity index (χ3n) is 3.76. The topological polar surface area (TPSA) is 69.7 Å². The number of ether oxygens (including phenoxy) is 3. The molecule has 0 radical (unpaired) electrons. The van der Waals surface area contributed by atoms with Gasteiger partial charge in [0.1, 0.15) is 18.2 Å². The van der Waals surface area contributed by atoms with Crippen molar-refractivity contribution in [2.75, 3.05) is 19.0 Å². The summed E-state index contributed by atoms with van der Waals surface area (Å²) in [5, 5.41) is 2.71. The number of nitrogens with one attached hydrogen (secondary N) is 1. The zero-order chi connectivity index (χ0) is 19.8. The van der Waals surface area contributed by atoms with Crippen molar-refractivity contribution in [1.82, 2.24) is 4.98 Å². The number of pyridine rings is 1. The first kappa shape index (κ1) is 19.2. The molecule has 2 aromatic carbocycles. The summed E-state index contributed by atoms with van der Waals surface area (Å²) in [4.78, 5) is 16.1. The summed E-state index contributed by atoms with van der Waals surface area (Å²) in [6, 6.07) is 14.4. The Morgan fingerprint density at radius 1 is 1.04 bits per heavy atom. The van der Waals surface area contributed by atoms with Crippen LogP contribution in [0.5, 0.6) is 17.2 Å². The quantitative estimate of drug-likeness (QED) is 0.641. The van der Waals surface area contributed by atoms with Crippen LogP contribution in [-0.4, -0.2) is 24.6 Å². The molecule has 0 atom stereocenters. The van der Waals surface area contributed by atoms with Gasteiger partial charge in [0.2, 0.25) is 0 Å². The molecule has 7 heteroatoms. The minimum Gasteiger partial charge on any atom is -0.493 e. The smallest absolute Gasteiger partial charge is 0.262 e. The Morgan fingerprint density at radius 3 is 2.61 bits per heavy atom. The number of amides is 1. The summed E-state index contributed by atoms with van der Waals surface area (Å²) in [6.45, 7) is 0.0850. The average molecular weight is 382 g/mol. The molecule has 0 bridgehead atoms. The van der Waals surface area contributed by atoms with E-state index in [1.807, 2.05) is 12.1 Å². The van der Waals surface area contributed by atoms with E-state index in [4.69, 9.17) is 14.2 Å². The number of hydrogen-bond donors (Lipinski definition) is 1. The van der Waals surface area contributed by atoms with Crippen molar-refractivity contribution in [1.29, 1.82) is 0 Å². The highest BCUT2D eigenvalue weighted by atomic mass is 19.1. The second-order valence-electron chi connectivity index (χ2n) is 5.80. The summed E-state index contributed by atoms with van der Waals surface area (Å²) in [6.07, 6.45) is 3.37. The number of methoxy groups -OCH3 is 1. The monoisotopic (exact) mass is 382 g/mol. The Morgan fingerprint density at radius 2 is 1.86 bits per heavy atom. The van der Waals surface area contributed by atoms with Crippen LogP contribution in [0.1, 0.15) is 5.56 Å². The number of carbonyl (C=O) groups is 1. The molecular formula is C21H19FN2O4. The zero-order valence-corrected chi connectivity index (χ0v) is 15.2. The second kappa shape index (κ2) is 9.36. The molecule has 0 aliphatic heterocycles. The van der Waals surface area contributed by atoms with E-state index in [1.165, 1.54) is 18.2 Å². The first-order valence-corrected chi connectivity index (χ1v) is 8.52. The first-order chi connectivity index (χ1) is 13.6. The fraction of sp³-hybridized carbons (Fsp3) is 0.143. The van der Waals surface area contributed by atoms with Crippen molar-refractivity contribution < 1.29 is 23.4 Å². The van der Waals surface area contributed by atoms with Gasteiger partial charge in [0, 0.05) is 30.2 Å². The van der Waals surface area contributed by atoms with Crippen molar-refractivity contribution in [3.05, 3.63) is 78.4 Å². The number of halogens is 1. The van der Waals surface area contributed by atoms with Crippen LogP contribution >= 0.6 is 0 Å². The van der Waals surface area contributed by atoms with Crippen molar-refractivity contribution >= 4 is 11.6 Å². The van der Waals surface area contributed by atoms with Gasteiger partial charge in [-0.1, -0.05) is 6.07 Å². The lowest BCUT2D eigenvalue weighted by atomic mass is 10.2. The fourth-order valence-corrected chi connectivity index (χ4v) is 2.41. The van der Waals surface area contributed by atoms with Gasteiger partial charge in [0.05, 0.1) is 7.11 Å². The summed E-state index contributed by atoms with van der Waals surface area (Å²) < 4.78 is 29.5. The van der Waals surface area contributed by atoms with Gasteiger partial charge in [-0.25, -0.2) is 4.39 Å². The molecule has 0 unspecified atom stereocenters.